The summed E-state index contributed by atoms with van der Waals surface area (Å²) in [5.74, 6) is 1.17. The van der Waals surface area contributed by atoms with Crippen molar-refractivity contribution in [3.63, 3.8) is 0 Å². The van der Waals surface area contributed by atoms with E-state index in [1.807, 2.05) is 6.20 Å². The van der Waals surface area contributed by atoms with Gasteiger partial charge in [-0.25, -0.2) is 4.98 Å². The van der Waals surface area contributed by atoms with E-state index in [4.69, 9.17) is 4.98 Å². The van der Waals surface area contributed by atoms with Crippen molar-refractivity contribution in [1.82, 2.24) is 10.3 Å². The van der Waals surface area contributed by atoms with Crippen LogP contribution in [0.25, 0.3) is 0 Å². The quantitative estimate of drug-likeness (QED) is 0.823. The van der Waals surface area contributed by atoms with Gasteiger partial charge in [0.05, 0.1) is 0 Å². The van der Waals surface area contributed by atoms with Crippen LogP contribution in [-0.2, 0) is 6.54 Å². The fourth-order valence-corrected chi connectivity index (χ4v) is 3.68. The van der Waals surface area contributed by atoms with Crippen molar-refractivity contribution in [3.05, 3.63) is 22.3 Å². The second-order valence-electron chi connectivity index (χ2n) is 6.11. The molecule has 1 aromatic heterocycles. The summed E-state index contributed by atoms with van der Waals surface area (Å²) in [5.41, 5.74) is 1.86. The smallest absolute Gasteiger partial charge is 0.133 e. The Morgan fingerprint density at radius 3 is 2.48 bits per heavy atom. The van der Waals surface area contributed by atoms with Gasteiger partial charge in [0.2, 0.25) is 0 Å². The van der Waals surface area contributed by atoms with Gasteiger partial charge in [0.25, 0.3) is 0 Å². The Balaban J connectivity index is 2.12. The van der Waals surface area contributed by atoms with E-state index in [0.29, 0.717) is 5.41 Å². The van der Waals surface area contributed by atoms with Gasteiger partial charge < -0.3 is 10.2 Å². The number of piperidine rings is 1. The molecule has 0 spiro atoms. The molecule has 1 saturated heterocycles. The molecule has 118 valence electrons. The number of anilines is 1. The zero-order chi connectivity index (χ0) is 15.3. The minimum Gasteiger partial charge on any atom is -0.356 e. The molecule has 0 aliphatic carbocycles. The Hall–Kier alpha value is -0.610. The van der Waals surface area contributed by atoms with Gasteiger partial charge in [0, 0.05) is 35.9 Å². The van der Waals surface area contributed by atoms with Crippen LogP contribution in [0, 0.1) is 5.41 Å². The van der Waals surface area contributed by atoms with Crippen molar-refractivity contribution < 1.29 is 0 Å². The summed E-state index contributed by atoms with van der Waals surface area (Å²) >= 11 is 3.54. The first kappa shape index (κ1) is 16.8. The number of hydrogen-bond donors (Lipinski definition) is 1. The van der Waals surface area contributed by atoms with E-state index in [1.165, 1.54) is 37.1 Å². The van der Waals surface area contributed by atoms with Gasteiger partial charge in [-0.15, -0.1) is 0 Å². The predicted molar refractivity (Wildman–Crippen MR) is 93.8 cm³/mol. The summed E-state index contributed by atoms with van der Waals surface area (Å²) in [6, 6.07) is 2.20. The topological polar surface area (TPSA) is 28.2 Å². The number of nitrogens with zero attached hydrogens (tertiary/aromatic N) is 2. The Labute approximate surface area is 137 Å². The van der Waals surface area contributed by atoms with E-state index < -0.39 is 0 Å². The zero-order valence-electron chi connectivity index (χ0n) is 13.6. The first-order chi connectivity index (χ1) is 10.1. The van der Waals surface area contributed by atoms with Gasteiger partial charge in [-0.1, -0.05) is 33.6 Å². The molecule has 2 rings (SSSR count). The van der Waals surface area contributed by atoms with E-state index in [9.17, 15) is 0 Å². The third-order valence-corrected chi connectivity index (χ3v) is 5.53. The zero-order valence-corrected chi connectivity index (χ0v) is 15.2. The molecule has 0 amide bonds. The van der Waals surface area contributed by atoms with Gasteiger partial charge in [0.1, 0.15) is 5.82 Å². The summed E-state index contributed by atoms with van der Waals surface area (Å²) < 4.78 is 1.06. The SMILES string of the molecule is CCNCc1cc(Br)cnc1N1CCC(CC)(CC)CC1. The monoisotopic (exact) mass is 353 g/mol. The van der Waals surface area contributed by atoms with Crippen LogP contribution in [0.3, 0.4) is 0 Å². The van der Waals surface area contributed by atoms with Crippen LogP contribution < -0.4 is 10.2 Å². The summed E-state index contributed by atoms with van der Waals surface area (Å²) in [6.45, 7) is 11.0. The number of pyridine rings is 1. The Bertz CT molecular complexity index is 447. The third-order valence-electron chi connectivity index (χ3n) is 5.10. The molecule has 3 nitrogen and oxygen atoms in total. The molecule has 1 aliphatic heterocycles. The molecule has 21 heavy (non-hydrogen) atoms. The molecule has 1 N–H and O–H groups in total. The fourth-order valence-electron chi connectivity index (χ4n) is 3.30. The lowest BCUT2D eigenvalue weighted by Crippen LogP contribution is -2.40. The Morgan fingerprint density at radius 2 is 1.90 bits per heavy atom. The van der Waals surface area contributed by atoms with Crippen LogP contribution in [0.2, 0.25) is 0 Å². The lowest BCUT2D eigenvalue weighted by atomic mass is 9.74. The van der Waals surface area contributed by atoms with E-state index in [-0.39, 0.29) is 0 Å². The lowest BCUT2D eigenvalue weighted by molar-refractivity contribution is 0.199. The molecular formula is C17H28BrN3. The van der Waals surface area contributed by atoms with Crippen LogP contribution in [-0.4, -0.2) is 24.6 Å². The minimum absolute atomic E-state index is 0.563. The maximum atomic E-state index is 4.69. The van der Waals surface area contributed by atoms with Crippen LogP contribution in [0.15, 0.2) is 16.7 Å². The molecule has 2 heterocycles. The summed E-state index contributed by atoms with van der Waals surface area (Å²) in [5, 5.41) is 3.42. The molecule has 0 unspecified atom stereocenters. The highest BCUT2D eigenvalue weighted by atomic mass is 79.9. The molecule has 0 radical (unpaired) electrons. The molecule has 0 atom stereocenters. The highest BCUT2D eigenvalue weighted by Crippen LogP contribution is 2.39. The molecule has 4 heteroatoms. The Morgan fingerprint density at radius 1 is 1.24 bits per heavy atom. The van der Waals surface area contributed by atoms with E-state index in [2.05, 4.69) is 53.0 Å². The summed E-state index contributed by atoms with van der Waals surface area (Å²) in [6.07, 6.45) is 7.10. The van der Waals surface area contributed by atoms with E-state index >= 15 is 0 Å². The number of halogens is 1. The van der Waals surface area contributed by atoms with Gasteiger partial charge >= 0.3 is 0 Å². The summed E-state index contributed by atoms with van der Waals surface area (Å²) in [7, 11) is 0. The van der Waals surface area contributed by atoms with Crippen molar-refractivity contribution in [3.8, 4) is 0 Å². The standard InChI is InChI=1S/C17H28BrN3/c1-4-17(5-2)7-9-21(10-8-17)16-14(12-19-6-3)11-15(18)13-20-16/h11,13,19H,4-10,12H2,1-3H3. The van der Waals surface area contributed by atoms with Gasteiger partial charge in [-0.3, -0.25) is 0 Å². The van der Waals surface area contributed by atoms with E-state index in [1.54, 1.807) is 0 Å². The fraction of sp³-hybridized carbons (Fsp3) is 0.706. The molecule has 1 fully saturated rings. The van der Waals surface area contributed by atoms with Crippen molar-refractivity contribution in [2.45, 2.75) is 53.0 Å². The number of rotatable bonds is 6. The highest BCUT2D eigenvalue weighted by molar-refractivity contribution is 9.10. The molecule has 1 aromatic rings. The maximum Gasteiger partial charge on any atom is 0.133 e. The normalized spacial score (nSPS) is 18.0. The number of aromatic nitrogens is 1. The Kier molecular flexibility index (Phi) is 6.06. The first-order valence-corrected chi connectivity index (χ1v) is 9.03. The van der Waals surface area contributed by atoms with Gasteiger partial charge in [-0.05, 0) is 46.8 Å². The lowest BCUT2D eigenvalue weighted by Gasteiger charge is -2.42. The highest BCUT2D eigenvalue weighted by Gasteiger charge is 2.32. The average molecular weight is 354 g/mol. The molecular weight excluding hydrogens is 326 g/mol. The number of nitrogens with one attached hydrogen (secondary N) is 1. The van der Waals surface area contributed by atoms with Gasteiger partial charge in [0.15, 0.2) is 0 Å². The summed E-state index contributed by atoms with van der Waals surface area (Å²) in [4.78, 5) is 7.17. The van der Waals surface area contributed by atoms with Crippen LogP contribution in [0.1, 0.15) is 52.0 Å². The molecule has 0 aromatic carbocycles. The van der Waals surface area contributed by atoms with Gasteiger partial charge in [-0.2, -0.15) is 0 Å². The number of hydrogen-bond acceptors (Lipinski definition) is 3. The minimum atomic E-state index is 0.563. The average Bonchev–Trinajstić information content (AvgIpc) is 2.53. The second-order valence-corrected chi connectivity index (χ2v) is 7.03. The van der Waals surface area contributed by atoms with Crippen LogP contribution >= 0.6 is 15.9 Å². The van der Waals surface area contributed by atoms with Crippen LogP contribution in [0.4, 0.5) is 5.82 Å². The second kappa shape index (κ2) is 7.59. The largest absolute Gasteiger partial charge is 0.356 e. The maximum absolute atomic E-state index is 4.69. The van der Waals surface area contributed by atoms with Crippen LogP contribution in [0.5, 0.6) is 0 Å². The molecule has 1 aliphatic rings. The van der Waals surface area contributed by atoms with Crippen molar-refractivity contribution in [2.75, 3.05) is 24.5 Å². The predicted octanol–water partition coefficient (Wildman–Crippen LogP) is 4.36. The van der Waals surface area contributed by atoms with E-state index in [0.717, 1.165) is 30.7 Å². The van der Waals surface area contributed by atoms with Crippen molar-refractivity contribution >= 4 is 21.7 Å². The molecule has 0 saturated carbocycles. The first-order valence-electron chi connectivity index (χ1n) is 8.24. The van der Waals surface area contributed by atoms with Crippen molar-refractivity contribution in [2.24, 2.45) is 5.41 Å². The molecule has 0 bridgehead atoms. The third kappa shape index (κ3) is 3.98. The van der Waals surface area contributed by atoms with Crippen molar-refractivity contribution in [1.29, 1.82) is 0 Å².